The second-order valence-corrected chi connectivity index (χ2v) is 1.58. The van der Waals surface area contributed by atoms with Crippen molar-refractivity contribution in [1.82, 2.24) is 10.2 Å². The minimum Gasteiger partial charge on any atom is -0.447 e. The van der Waals surface area contributed by atoms with Crippen LogP contribution in [0.25, 0.3) is 11.1 Å². The van der Waals surface area contributed by atoms with E-state index in [1.807, 2.05) is 6.07 Å². The zero-order chi connectivity index (χ0) is 5.40. The van der Waals surface area contributed by atoms with E-state index in [0.29, 0.717) is 0 Å². The first-order valence-corrected chi connectivity index (χ1v) is 2.33. The topological polar surface area (TPSA) is 41.8 Å². The summed E-state index contributed by atoms with van der Waals surface area (Å²) >= 11 is 0. The van der Waals surface area contributed by atoms with Gasteiger partial charge in [0.05, 0.1) is 17.8 Å². The van der Waals surface area contributed by atoms with Crippen LogP contribution in [-0.2, 0) is 0 Å². The Kier molecular flexibility index (Phi) is 0.521. The number of H-pyrrole nitrogens is 1. The fourth-order valence-electron chi connectivity index (χ4n) is 0.672. The zero-order valence-corrected chi connectivity index (χ0v) is 4.09. The smallest absolute Gasteiger partial charge is 0.221 e. The molecule has 0 radical (unpaired) electrons. The molecule has 3 heteroatoms. The molecular weight excluding hydrogens is 104 g/mol. The Bertz CT molecular complexity index is 232. The SMILES string of the molecule is c1cc2cn[nH]c2o1. The number of nitrogens with zero attached hydrogens (tertiary/aromatic N) is 1. The van der Waals surface area contributed by atoms with Crippen molar-refractivity contribution < 1.29 is 4.42 Å². The summed E-state index contributed by atoms with van der Waals surface area (Å²) in [4.78, 5) is 0. The maximum Gasteiger partial charge on any atom is 0.221 e. The molecule has 40 valence electrons. The summed E-state index contributed by atoms with van der Waals surface area (Å²) in [6.45, 7) is 0. The van der Waals surface area contributed by atoms with Gasteiger partial charge in [-0.3, -0.25) is 0 Å². The van der Waals surface area contributed by atoms with Gasteiger partial charge in [-0.05, 0) is 6.07 Å². The number of nitrogens with one attached hydrogen (secondary N) is 1. The van der Waals surface area contributed by atoms with E-state index in [1.54, 1.807) is 12.5 Å². The Balaban J connectivity index is 3.06. The Hall–Kier alpha value is -1.25. The van der Waals surface area contributed by atoms with Gasteiger partial charge in [-0.2, -0.15) is 5.10 Å². The highest BCUT2D eigenvalue weighted by Gasteiger charge is 1.92. The van der Waals surface area contributed by atoms with Crippen molar-refractivity contribution in [3.63, 3.8) is 0 Å². The number of aromatic amines is 1. The van der Waals surface area contributed by atoms with Crippen LogP contribution < -0.4 is 0 Å². The molecule has 0 spiro atoms. The molecule has 0 fully saturated rings. The number of rotatable bonds is 0. The molecule has 2 heterocycles. The molecule has 2 aromatic rings. The van der Waals surface area contributed by atoms with E-state index < -0.39 is 0 Å². The Morgan fingerprint density at radius 2 is 2.62 bits per heavy atom. The van der Waals surface area contributed by atoms with Crippen LogP contribution in [0, 0.1) is 0 Å². The van der Waals surface area contributed by atoms with Crippen molar-refractivity contribution in [1.29, 1.82) is 0 Å². The lowest BCUT2D eigenvalue weighted by atomic mass is 10.5. The number of hydrogen-bond donors (Lipinski definition) is 1. The first kappa shape index (κ1) is 3.72. The van der Waals surface area contributed by atoms with E-state index in [9.17, 15) is 0 Å². The van der Waals surface area contributed by atoms with Gasteiger partial charge in [0.1, 0.15) is 0 Å². The van der Waals surface area contributed by atoms with Crippen molar-refractivity contribution in [3.05, 3.63) is 18.5 Å². The predicted molar refractivity (Wildman–Crippen MR) is 28.4 cm³/mol. The van der Waals surface area contributed by atoms with Crippen LogP contribution >= 0.6 is 0 Å². The average molecular weight is 108 g/mol. The highest BCUT2D eigenvalue weighted by molar-refractivity contribution is 5.71. The highest BCUT2D eigenvalue weighted by atomic mass is 16.3. The predicted octanol–water partition coefficient (Wildman–Crippen LogP) is 1.16. The largest absolute Gasteiger partial charge is 0.447 e. The molecule has 2 aromatic heterocycles. The number of hydrogen-bond acceptors (Lipinski definition) is 2. The average Bonchev–Trinajstić information content (AvgIpc) is 2.15. The third kappa shape index (κ3) is 0.307. The number of furan rings is 1. The fourth-order valence-corrected chi connectivity index (χ4v) is 0.672. The van der Waals surface area contributed by atoms with Gasteiger partial charge in [-0.1, -0.05) is 0 Å². The second kappa shape index (κ2) is 1.12. The molecular formula is C5H4N2O. The maximum absolute atomic E-state index is 4.94. The third-order valence-corrected chi connectivity index (χ3v) is 1.07. The van der Waals surface area contributed by atoms with Gasteiger partial charge < -0.3 is 4.42 Å². The standard InChI is InChI=1S/C5H4N2O/c1-2-8-5-4(1)3-6-7-5/h1-3H,(H,6,7). The lowest BCUT2D eigenvalue weighted by Gasteiger charge is -1.66. The molecule has 0 aromatic carbocycles. The first-order valence-electron chi connectivity index (χ1n) is 2.33. The van der Waals surface area contributed by atoms with Crippen LogP contribution in [0.5, 0.6) is 0 Å². The monoisotopic (exact) mass is 108 g/mol. The molecule has 2 rings (SSSR count). The molecule has 0 saturated heterocycles. The van der Waals surface area contributed by atoms with Crippen LogP contribution in [0.1, 0.15) is 0 Å². The summed E-state index contributed by atoms with van der Waals surface area (Å²) in [7, 11) is 0. The van der Waals surface area contributed by atoms with Crippen molar-refractivity contribution in [2.45, 2.75) is 0 Å². The second-order valence-electron chi connectivity index (χ2n) is 1.58. The summed E-state index contributed by atoms with van der Waals surface area (Å²) in [6.07, 6.45) is 3.35. The van der Waals surface area contributed by atoms with Crippen LogP contribution in [0.2, 0.25) is 0 Å². The molecule has 0 atom stereocenters. The Morgan fingerprint density at radius 1 is 1.62 bits per heavy atom. The van der Waals surface area contributed by atoms with Crippen LogP contribution in [0.15, 0.2) is 22.9 Å². The van der Waals surface area contributed by atoms with Crippen LogP contribution in [0.3, 0.4) is 0 Å². The zero-order valence-electron chi connectivity index (χ0n) is 4.09. The van der Waals surface area contributed by atoms with Gasteiger partial charge >= 0.3 is 0 Å². The summed E-state index contributed by atoms with van der Waals surface area (Å²) in [6, 6.07) is 1.86. The lowest BCUT2D eigenvalue weighted by Crippen LogP contribution is -1.58. The molecule has 0 unspecified atom stereocenters. The van der Waals surface area contributed by atoms with Crippen LogP contribution in [-0.4, -0.2) is 10.2 Å². The minimum atomic E-state index is 0.741. The molecule has 8 heavy (non-hydrogen) atoms. The third-order valence-electron chi connectivity index (χ3n) is 1.07. The van der Waals surface area contributed by atoms with Gasteiger partial charge in [-0.15, -0.1) is 0 Å². The number of fused-ring (bicyclic) bond motifs is 1. The van der Waals surface area contributed by atoms with E-state index in [0.717, 1.165) is 11.1 Å². The first-order chi connectivity index (χ1) is 3.97. The molecule has 3 nitrogen and oxygen atoms in total. The van der Waals surface area contributed by atoms with Gasteiger partial charge in [0.2, 0.25) is 5.71 Å². The number of aromatic nitrogens is 2. The van der Waals surface area contributed by atoms with Crippen molar-refractivity contribution >= 4 is 11.1 Å². The molecule has 0 aliphatic carbocycles. The molecule has 1 N–H and O–H groups in total. The molecule has 0 bridgehead atoms. The summed E-state index contributed by atoms with van der Waals surface area (Å²) in [5, 5.41) is 7.44. The Morgan fingerprint density at radius 3 is 3.50 bits per heavy atom. The van der Waals surface area contributed by atoms with Crippen molar-refractivity contribution in [2.75, 3.05) is 0 Å². The fraction of sp³-hybridized carbons (Fsp3) is 0. The van der Waals surface area contributed by atoms with Gasteiger partial charge in [0.15, 0.2) is 0 Å². The van der Waals surface area contributed by atoms with Crippen molar-refractivity contribution in [2.24, 2.45) is 0 Å². The van der Waals surface area contributed by atoms with E-state index in [4.69, 9.17) is 4.42 Å². The van der Waals surface area contributed by atoms with Gasteiger partial charge in [0, 0.05) is 0 Å². The van der Waals surface area contributed by atoms with Gasteiger partial charge in [0.25, 0.3) is 0 Å². The molecule has 0 aliphatic rings. The van der Waals surface area contributed by atoms with Crippen LogP contribution in [0.4, 0.5) is 0 Å². The maximum atomic E-state index is 4.94. The van der Waals surface area contributed by atoms with Crippen molar-refractivity contribution in [3.8, 4) is 0 Å². The van der Waals surface area contributed by atoms with E-state index >= 15 is 0 Å². The summed E-state index contributed by atoms with van der Waals surface area (Å²) < 4.78 is 4.94. The highest BCUT2D eigenvalue weighted by Crippen LogP contribution is 2.08. The van der Waals surface area contributed by atoms with Gasteiger partial charge in [-0.25, -0.2) is 5.10 Å². The summed E-state index contributed by atoms with van der Waals surface area (Å²) in [5.41, 5.74) is 0.741. The quantitative estimate of drug-likeness (QED) is 0.550. The minimum absolute atomic E-state index is 0.741. The molecule has 0 saturated carbocycles. The van der Waals surface area contributed by atoms with E-state index in [1.165, 1.54) is 0 Å². The van der Waals surface area contributed by atoms with E-state index in [2.05, 4.69) is 10.2 Å². The molecule has 0 aliphatic heterocycles. The van der Waals surface area contributed by atoms with E-state index in [-0.39, 0.29) is 0 Å². The lowest BCUT2D eigenvalue weighted by molar-refractivity contribution is 0.599. The summed E-state index contributed by atoms with van der Waals surface area (Å²) in [5.74, 6) is 0. The normalized spacial score (nSPS) is 10.5. The molecule has 0 amide bonds. The Labute approximate surface area is 45.3 Å².